The van der Waals surface area contributed by atoms with E-state index >= 15 is 0 Å². The van der Waals surface area contributed by atoms with Gasteiger partial charge in [0.25, 0.3) is 0 Å². The van der Waals surface area contributed by atoms with Crippen LogP contribution in [0.5, 0.6) is 0 Å². The molecule has 1 saturated carbocycles. The summed E-state index contributed by atoms with van der Waals surface area (Å²) in [6.45, 7) is 3.85. The van der Waals surface area contributed by atoms with E-state index in [9.17, 15) is 5.11 Å². The largest absolute Gasteiger partial charge is 0.394 e. The highest BCUT2D eigenvalue weighted by molar-refractivity contribution is 4.91. The molecule has 0 bridgehead atoms. The molecule has 4 unspecified atom stereocenters. The van der Waals surface area contributed by atoms with Crippen LogP contribution in [-0.2, 0) is 4.74 Å². The standard InChI is InChI=1S/C12H24N2O2/c1-9-8-16-10(7-15)6-14(9)12-5-3-2-4-11(12)13/h9-12,15H,2-8,13H2,1H3. The molecular formula is C12H24N2O2. The maximum Gasteiger partial charge on any atom is 0.0933 e. The Morgan fingerprint density at radius 2 is 2.12 bits per heavy atom. The lowest BCUT2D eigenvalue weighted by molar-refractivity contribution is -0.0971. The van der Waals surface area contributed by atoms with Gasteiger partial charge >= 0.3 is 0 Å². The zero-order chi connectivity index (χ0) is 11.5. The summed E-state index contributed by atoms with van der Waals surface area (Å²) in [7, 11) is 0. The minimum atomic E-state index is -0.0228. The Kier molecular flexibility index (Phi) is 4.19. The summed E-state index contributed by atoms with van der Waals surface area (Å²) < 4.78 is 5.56. The molecule has 0 amide bonds. The molecule has 4 atom stereocenters. The van der Waals surface area contributed by atoms with Crippen LogP contribution in [0.4, 0.5) is 0 Å². The molecule has 94 valence electrons. The van der Waals surface area contributed by atoms with Crippen molar-refractivity contribution in [1.29, 1.82) is 0 Å². The zero-order valence-corrected chi connectivity index (χ0v) is 10.1. The summed E-state index contributed by atoms with van der Waals surface area (Å²) in [5, 5.41) is 9.18. The Morgan fingerprint density at radius 3 is 2.81 bits per heavy atom. The van der Waals surface area contributed by atoms with Gasteiger partial charge in [0.05, 0.1) is 19.3 Å². The highest BCUT2D eigenvalue weighted by Gasteiger charge is 2.34. The molecule has 3 N–H and O–H groups in total. The zero-order valence-electron chi connectivity index (χ0n) is 10.1. The molecule has 16 heavy (non-hydrogen) atoms. The molecule has 1 aliphatic heterocycles. The van der Waals surface area contributed by atoms with E-state index in [1.165, 1.54) is 19.3 Å². The van der Waals surface area contributed by atoms with Crippen molar-refractivity contribution < 1.29 is 9.84 Å². The van der Waals surface area contributed by atoms with Crippen LogP contribution in [0, 0.1) is 0 Å². The number of nitrogens with zero attached hydrogens (tertiary/aromatic N) is 1. The van der Waals surface area contributed by atoms with Gasteiger partial charge in [-0.2, -0.15) is 0 Å². The van der Waals surface area contributed by atoms with E-state index in [0.717, 1.165) is 13.0 Å². The summed E-state index contributed by atoms with van der Waals surface area (Å²) >= 11 is 0. The molecule has 0 spiro atoms. The lowest BCUT2D eigenvalue weighted by atomic mass is 9.88. The van der Waals surface area contributed by atoms with Crippen LogP contribution >= 0.6 is 0 Å². The van der Waals surface area contributed by atoms with Crippen LogP contribution in [-0.4, -0.2) is 54.0 Å². The van der Waals surface area contributed by atoms with Crippen molar-refractivity contribution in [3.8, 4) is 0 Å². The molecule has 4 nitrogen and oxygen atoms in total. The number of rotatable bonds is 2. The molecule has 0 aromatic heterocycles. The number of nitrogens with two attached hydrogens (primary N) is 1. The van der Waals surface area contributed by atoms with Crippen molar-refractivity contribution in [3.63, 3.8) is 0 Å². The molecule has 1 saturated heterocycles. The third-order valence-corrected chi connectivity index (χ3v) is 3.96. The average Bonchev–Trinajstić information content (AvgIpc) is 2.31. The number of morpholine rings is 1. The first-order valence-electron chi connectivity index (χ1n) is 6.46. The minimum Gasteiger partial charge on any atom is -0.394 e. The monoisotopic (exact) mass is 228 g/mol. The van der Waals surface area contributed by atoms with Gasteiger partial charge < -0.3 is 15.6 Å². The van der Waals surface area contributed by atoms with Crippen molar-refractivity contribution in [2.45, 2.75) is 56.8 Å². The average molecular weight is 228 g/mol. The van der Waals surface area contributed by atoms with Crippen molar-refractivity contribution in [2.24, 2.45) is 5.73 Å². The van der Waals surface area contributed by atoms with Gasteiger partial charge in [0.15, 0.2) is 0 Å². The molecule has 4 heteroatoms. The topological polar surface area (TPSA) is 58.7 Å². The number of aliphatic hydroxyl groups is 1. The van der Waals surface area contributed by atoms with Gasteiger partial charge in [0.2, 0.25) is 0 Å². The number of hydrogen-bond donors (Lipinski definition) is 2. The second-order valence-electron chi connectivity index (χ2n) is 5.20. The van der Waals surface area contributed by atoms with E-state index < -0.39 is 0 Å². The van der Waals surface area contributed by atoms with Gasteiger partial charge in [-0.1, -0.05) is 12.8 Å². The lowest BCUT2D eigenvalue weighted by Crippen LogP contribution is -2.59. The van der Waals surface area contributed by atoms with Crippen LogP contribution in [0.15, 0.2) is 0 Å². The van der Waals surface area contributed by atoms with Crippen molar-refractivity contribution >= 4 is 0 Å². The fraction of sp³-hybridized carbons (Fsp3) is 1.00. The Morgan fingerprint density at radius 1 is 1.38 bits per heavy atom. The normalized spacial score (nSPS) is 42.2. The maximum absolute atomic E-state index is 9.18. The van der Waals surface area contributed by atoms with Crippen LogP contribution < -0.4 is 5.73 Å². The molecule has 1 aliphatic carbocycles. The van der Waals surface area contributed by atoms with E-state index in [-0.39, 0.29) is 12.7 Å². The van der Waals surface area contributed by atoms with Gasteiger partial charge in [-0.3, -0.25) is 4.90 Å². The SMILES string of the molecule is CC1COC(CO)CN1C1CCCCC1N. The highest BCUT2D eigenvalue weighted by atomic mass is 16.5. The van der Waals surface area contributed by atoms with E-state index in [0.29, 0.717) is 24.7 Å². The Labute approximate surface area is 97.7 Å². The molecule has 2 fully saturated rings. The molecular weight excluding hydrogens is 204 g/mol. The number of ether oxygens (including phenoxy) is 1. The minimum absolute atomic E-state index is 0.0228. The fourth-order valence-electron chi connectivity index (χ4n) is 2.96. The van der Waals surface area contributed by atoms with Crippen molar-refractivity contribution in [1.82, 2.24) is 4.90 Å². The van der Waals surface area contributed by atoms with Crippen LogP contribution in [0.2, 0.25) is 0 Å². The Balaban J connectivity index is 1.99. The number of aliphatic hydroxyl groups excluding tert-OH is 1. The van der Waals surface area contributed by atoms with Crippen LogP contribution in [0.25, 0.3) is 0 Å². The quantitative estimate of drug-likeness (QED) is 0.715. The van der Waals surface area contributed by atoms with Gasteiger partial charge in [-0.25, -0.2) is 0 Å². The molecule has 0 aromatic rings. The molecule has 2 rings (SSSR count). The van der Waals surface area contributed by atoms with Gasteiger partial charge in [0.1, 0.15) is 0 Å². The fourth-order valence-corrected chi connectivity index (χ4v) is 2.96. The van der Waals surface area contributed by atoms with Crippen molar-refractivity contribution in [3.05, 3.63) is 0 Å². The summed E-state index contributed by atoms with van der Waals surface area (Å²) in [6, 6.07) is 1.22. The Bertz CT molecular complexity index is 225. The smallest absolute Gasteiger partial charge is 0.0933 e. The highest BCUT2D eigenvalue weighted by Crippen LogP contribution is 2.26. The summed E-state index contributed by atoms with van der Waals surface area (Å²) in [4.78, 5) is 2.45. The first kappa shape index (κ1) is 12.3. The van der Waals surface area contributed by atoms with E-state index in [2.05, 4.69) is 11.8 Å². The second kappa shape index (κ2) is 5.45. The van der Waals surface area contributed by atoms with Gasteiger partial charge in [-0.15, -0.1) is 0 Å². The summed E-state index contributed by atoms with van der Waals surface area (Å²) in [5.74, 6) is 0. The third-order valence-electron chi connectivity index (χ3n) is 3.96. The molecule has 0 radical (unpaired) electrons. The summed E-state index contributed by atoms with van der Waals surface area (Å²) in [6.07, 6.45) is 4.86. The second-order valence-corrected chi connectivity index (χ2v) is 5.20. The van der Waals surface area contributed by atoms with Gasteiger partial charge in [0, 0.05) is 24.7 Å². The van der Waals surface area contributed by atoms with E-state index in [1.54, 1.807) is 0 Å². The summed E-state index contributed by atoms with van der Waals surface area (Å²) in [5.41, 5.74) is 6.21. The van der Waals surface area contributed by atoms with Crippen LogP contribution in [0.3, 0.4) is 0 Å². The van der Waals surface area contributed by atoms with Crippen LogP contribution in [0.1, 0.15) is 32.6 Å². The first-order valence-corrected chi connectivity index (χ1v) is 6.46. The maximum atomic E-state index is 9.18. The Hall–Kier alpha value is -0.160. The molecule has 2 aliphatic rings. The van der Waals surface area contributed by atoms with E-state index in [1.807, 2.05) is 0 Å². The predicted octanol–water partition coefficient (Wildman–Crippen LogP) is 0.338. The number of hydrogen-bond acceptors (Lipinski definition) is 4. The van der Waals surface area contributed by atoms with Gasteiger partial charge in [-0.05, 0) is 19.8 Å². The predicted molar refractivity (Wildman–Crippen MR) is 63.2 cm³/mol. The van der Waals surface area contributed by atoms with Crippen molar-refractivity contribution in [2.75, 3.05) is 19.8 Å². The first-order chi connectivity index (χ1) is 7.72. The third kappa shape index (κ3) is 2.56. The van der Waals surface area contributed by atoms with E-state index in [4.69, 9.17) is 10.5 Å². The molecule has 0 aromatic carbocycles. The molecule has 1 heterocycles. The lowest BCUT2D eigenvalue weighted by Gasteiger charge is -2.46.